The van der Waals surface area contributed by atoms with E-state index in [-0.39, 0.29) is 17.3 Å². The number of halogens is 1. The zero-order valence-corrected chi connectivity index (χ0v) is 10.3. The number of nitrogens with zero attached hydrogens (tertiary/aromatic N) is 3. The minimum absolute atomic E-state index is 0.0787. The second-order valence-electron chi connectivity index (χ2n) is 3.74. The summed E-state index contributed by atoms with van der Waals surface area (Å²) in [7, 11) is 0. The monoisotopic (exact) mass is 267 g/mol. The van der Waals surface area contributed by atoms with E-state index in [4.69, 9.17) is 16.7 Å². The molecule has 2 rings (SSSR count). The third-order valence-electron chi connectivity index (χ3n) is 2.56. The molecular weight excluding hydrogens is 258 g/mol. The van der Waals surface area contributed by atoms with Crippen LogP contribution in [-0.2, 0) is 6.61 Å². The number of aliphatic hydroxyl groups excluding tert-OH is 1. The first-order valence-electron chi connectivity index (χ1n) is 5.13. The summed E-state index contributed by atoms with van der Waals surface area (Å²) in [4.78, 5) is 10.2. The Morgan fingerprint density at radius 3 is 2.83 bits per heavy atom. The Kier molecular flexibility index (Phi) is 3.31. The van der Waals surface area contributed by atoms with E-state index in [0.717, 1.165) is 0 Å². The lowest BCUT2D eigenvalue weighted by Gasteiger charge is -2.02. The lowest BCUT2D eigenvalue weighted by atomic mass is 10.2. The average Bonchev–Trinajstić information content (AvgIpc) is 2.70. The minimum atomic E-state index is -0.546. The summed E-state index contributed by atoms with van der Waals surface area (Å²) in [5, 5.41) is 24.1. The average molecular weight is 268 g/mol. The van der Waals surface area contributed by atoms with Gasteiger partial charge < -0.3 is 5.11 Å². The molecule has 1 heterocycles. The molecule has 1 N–H and O–H groups in total. The molecule has 18 heavy (non-hydrogen) atoms. The van der Waals surface area contributed by atoms with E-state index in [1.54, 1.807) is 19.2 Å². The Hall–Kier alpha value is -1.92. The molecule has 0 radical (unpaired) electrons. The Labute approximate surface area is 108 Å². The van der Waals surface area contributed by atoms with E-state index in [2.05, 4.69) is 5.10 Å². The van der Waals surface area contributed by atoms with Crippen LogP contribution in [0.2, 0.25) is 5.02 Å². The van der Waals surface area contributed by atoms with Crippen molar-refractivity contribution >= 4 is 17.3 Å². The Bertz CT molecular complexity index is 610. The topological polar surface area (TPSA) is 81.2 Å². The van der Waals surface area contributed by atoms with E-state index in [1.807, 2.05) is 0 Å². The normalized spacial score (nSPS) is 10.6. The quantitative estimate of drug-likeness (QED) is 0.683. The predicted molar refractivity (Wildman–Crippen MR) is 65.9 cm³/mol. The van der Waals surface area contributed by atoms with E-state index < -0.39 is 4.92 Å². The highest BCUT2D eigenvalue weighted by molar-refractivity contribution is 6.32. The Morgan fingerprint density at radius 2 is 2.28 bits per heavy atom. The van der Waals surface area contributed by atoms with Crippen molar-refractivity contribution in [1.29, 1.82) is 0 Å². The van der Waals surface area contributed by atoms with Gasteiger partial charge in [-0.25, -0.2) is 4.68 Å². The summed E-state index contributed by atoms with van der Waals surface area (Å²) in [6.45, 7) is 1.63. The van der Waals surface area contributed by atoms with E-state index in [0.29, 0.717) is 16.9 Å². The van der Waals surface area contributed by atoms with Gasteiger partial charge in [0.25, 0.3) is 5.69 Å². The molecule has 0 amide bonds. The van der Waals surface area contributed by atoms with Gasteiger partial charge in [0.2, 0.25) is 0 Å². The Morgan fingerprint density at radius 1 is 1.56 bits per heavy atom. The van der Waals surface area contributed by atoms with Crippen molar-refractivity contribution in [1.82, 2.24) is 9.78 Å². The Balaban J connectivity index is 2.50. The van der Waals surface area contributed by atoms with Crippen LogP contribution in [0.15, 0.2) is 24.4 Å². The van der Waals surface area contributed by atoms with Crippen molar-refractivity contribution in [2.24, 2.45) is 0 Å². The first-order valence-corrected chi connectivity index (χ1v) is 5.51. The van der Waals surface area contributed by atoms with Crippen molar-refractivity contribution in [2.45, 2.75) is 13.5 Å². The molecule has 0 saturated carbocycles. The number of benzene rings is 1. The van der Waals surface area contributed by atoms with Crippen LogP contribution in [0, 0.1) is 17.0 Å². The third kappa shape index (κ3) is 2.20. The van der Waals surface area contributed by atoms with Crippen molar-refractivity contribution < 1.29 is 10.0 Å². The molecule has 2 aromatic rings. The van der Waals surface area contributed by atoms with Gasteiger partial charge in [0, 0.05) is 17.8 Å². The zero-order valence-electron chi connectivity index (χ0n) is 9.50. The van der Waals surface area contributed by atoms with Crippen LogP contribution in [0.1, 0.15) is 11.3 Å². The van der Waals surface area contributed by atoms with Gasteiger partial charge in [-0.05, 0) is 19.1 Å². The fourth-order valence-electron chi connectivity index (χ4n) is 1.57. The number of hydrogen-bond acceptors (Lipinski definition) is 4. The van der Waals surface area contributed by atoms with Gasteiger partial charge in [-0.2, -0.15) is 5.10 Å². The molecule has 0 saturated heterocycles. The second kappa shape index (κ2) is 4.75. The number of aromatic nitrogens is 2. The van der Waals surface area contributed by atoms with Gasteiger partial charge >= 0.3 is 0 Å². The van der Waals surface area contributed by atoms with Crippen LogP contribution in [-0.4, -0.2) is 19.8 Å². The summed E-state index contributed by atoms with van der Waals surface area (Å²) < 4.78 is 1.48. The van der Waals surface area contributed by atoms with Crippen LogP contribution < -0.4 is 0 Å². The predicted octanol–water partition coefficient (Wildman–Crippen LogP) is 2.23. The fraction of sp³-hybridized carbons (Fsp3) is 0.182. The maximum Gasteiger partial charge on any atom is 0.290 e. The van der Waals surface area contributed by atoms with Gasteiger partial charge in [0.1, 0.15) is 5.02 Å². The lowest BCUT2D eigenvalue weighted by molar-refractivity contribution is -0.384. The first kappa shape index (κ1) is 12.5. The second-order valence-corrected chi connectivity index (χ2v) is 4.14. The van der Waals surface area contributed by atoms with Crippen LogP contribution in [0.5, 0.6) is 0 Å². The standard InChI is InChI=1S/C11H10ClN3O3/c1-7-8(6-16)5-14(13-7)9-2-3-10(12)11(4-9)15(17)18/h2-5,16H,6H2,1H3. The summed E-state index contributed by atoms with van der Waals surface area (Å²) in [6, 6.07) is 4.42. The molecule has 0 aliphatic rings. The largest absolute Gasteiger partial charge is 0.392 e. The van der Waals surface area contributed by atoms with Gasteiger partial charge in [-0.1, -0.05) is 11.6 Å². The molecule has 1 aromatic carbocycles. The molecule has 6 nitrogen and oxygen atoms in total. The summed E-state index contributed by atoms with van der Waals surface area (Å²) in [6.07, 6.45) is 1.63. The molecule has 0 aliphatic heterocycles. The molecule has 0 atom stereocenters. The van der Waals surface area contributed by atoms with Crippen molar-refractivity contribution in [2.75, 3.05) is 0 Å². The molecule has 1 aromatic heterocycles. The van der Waals surface area contributed by atoms with Gasteiger partial charge in [0.05, 0.1) is 22.9 Å². The van der Waals surface area contributed by atoms with Crippen molar-refractivity contribution in [3.63, 3.8) is 0 Å². The summed E-state index contributed by atoms with van der Waals surface area (Å²) >= 11 is 5.73. The maximum atomic E-state index is 10.8. The molecule has 0 spiro atoms. The number of nitro benzene ring substituents is 1. The minimum Gasteiger partial charge on any atom is -0.392 e. The molecular formula is C11H10ClN3O3. The maximum absolute atomic E-state index is 10.8. The number of rotatable bonds is 3. The number of nitro groups is 1. The number of aryl methyl sites for hydroxylation is 1. The van der Waals surface area contributed by atoms with E-state index >= 15 is 0 Å². The lowest BCUT2D eigenvalue weighted by Crippen LogP contribution is -1.97. The van der Waals surface area contributed by atoms with E-state index in [1.165, 1.54) is 16.8 Å². The third-order valence-corrected chi connectivity index (χ3v) is 2.88. The SMILES string of the molecule is Cc1nn(-c2ccc(Cl)c([N+](=O)[O-])c2)cc1CO. The summed E-state index contributed by atoms with van der Waals surface area (Å²) in [5.74, 6) is 0. The van der Waals surface area contributed by atoms with Crippen molar-refractivity contribution in [3.05, 3.63) is 50.8 Å². The highest BCUT2D eigenvalue weighted by Crippen LogP contribution is 2.26. The number of aliphatic hydroxyl groups is 1. The number of hydrogen-bond donors (Lipinski definition) is 1. The zero-order chi connectivity index (χ0) is 13.3. The molecule has 7 heteroatoms. The molecule has 94 valence electrons. The van der Waals surface area contributed by atoms with Gasteiger partial charge in [0.15, 0.2) is 0 Å². The molecule has 0 bridgehead atoms. The molecule has 0 unspecified atom stereocenters. The fourth-order valence-corrected chi connectivity index (χ4v) is 1.75. The van der Waals surface area contributed by atoms with Crippen LogP contribution in [0.3, 0.4) is 0 Å². The van der Waals surface area contributed by atoms with Crippen LogP contribution >= 0.6 is 11.6 Å². The van der Waals surface area contributed by atoms with E-state index in [9.17, 15) is 10.1 Å². The molecule has 0 fully saturated rings. The summed E-state index contributed by atoms with van der Waals surface area (Å²) in [5.41, 5.74) is 1.70. The van der Waals surface area contributed by atoms with Gasteiger partial charge in [-0.3, -0.25) is 10.1 Å². The first-order chi connectivity index (χ1) is 8.52. The van der Waals surface area contributed by atoms with Crippen LogP contribution in [0.25, 0.3) is 5.69 Å². The smallest absolute Gasteiger partial charge is 0.290 e. The highest BCUT2D eigenvalue weighted by Gasteiger charge is 2.14. The van der Waals surface area contributed by atoms with Crippen molar-refractivity contribution in [3.8, 4) is 5.69 Å². The molecule has 0 aliphatic carbocycles. The van der Waals surface area contributed by atoms with Gasteiger partial charge in [-0.15, -0.1) is 0 Å². The highest BCUT2D eigenvalue weighted by atomic mass is 35.5. The van der Waals surface area contributed by atoms with Crippen LogP contribution in [0.4, 0.5) is 5.69 Å².